The zero-order valence-corrected chi connectivity index (χ0v) is 8.80. The van der Waals surface area contributed by atoms with Crippen LogP contribution in [0.4, 0.5) is 10.5 Å². The van der Waals surface area contributed by atoms with E-state index in [4.69, 9.17) is 15.6 Å². The number of carboxylic acid groups (broad SMARTS) is 1. The second-order valence-corrected chi connectivity index (χ2v) is 3.75. The molecule has 1 atom stereocenters. The van der Waals surface area contributed by atoms with E-state index in [2.05, 4.69) is 0 Å². The van der Waals surface area contributed by atoms with Crippen molar-refractivity contribution in [2.24, 2.45) is 0 Å². The molecule has 1 aromatic carbocycles. The molecule has 1 amide bonds. The zero-order valence-electron chi connectivity index (χ0n) is 8.80. The molecule has 3 N–H and O–H groups in total. The van der Waals surface area contributed by atoms with Crippen molar-refractivity contribution in [3.05, 3.63) is 29.8 Å². The molecular weight excluding hydrogens is 208 g/mol. The van der Waals surface area contributed by atoms with Gasteiger partial charge in [0.25, 0.3) is 0 Å². The third-order valence-electron chi connectivity index (χ3n) is 2.65. The van der Waals surface area contributed by atoms with Crippen molar-refractivity contribution < 1.29 is 14.6 Å². The van der Waals surface area contributed by atoms with Crippen LogP contribution < -0.4 is 5.73 Å². The fourth-order valence-corrected chi connectivity index (χ4v) is 1.74. The lowest BCUT2D eigenvalue weighted by Crippen LogP contribution is -2.41. The Bertz CT molecular complexity index is 377. The Hall–Kier alpha value is -1.75. The van der Waals surface area contributed by atoms with Crippen LogP contribution in [0.15, 0.2) is 24.3 Å². The summed E-state index contributed by atoms with van der Waals surface area (Å²) in [5.74, 6) is 0. The smallest absolute Gasteiger partial charge is 0.407 e. The number of rotatable bonds is 1. The van der Waals surface area contributed by atoms with E-state index in [1.807, 2.05) is 12.1 Å². The molecule has 0 aromatic heterocycles. The number of amides is 1. The van der Waals surface area contributed by atoms with Crippen LogP contribution in [-0.4, -0.2) is 35.8 Å². The summed E-state index contributed by atoms with van der Waals surface area (Å²) < 4.78 is 5.54. The van der Waals surface area contributed by atoms with Crippen molar-refractivity contribution in [3.8, 4) is 0 Å². The second-order valence-electron chi connectivity index (χ2n) is 3.75. The molecule has 1 saturated heterocycles. The van der Waals surface area contributed by atoms with E-state index in [1.165, 1.54) is 4.90 Å². The van der Waals surface area contributed by atoms with Gasteiger partial charge in [0.15, 0.2) is 0 Å². The minimum atomic E-state index is -0.899. The van der Waals surface area contributed by atoms with Crippen molar-refractivity contribution in [2.45, 2.75) is 6.10 Å². The summed E-state index contributed by atoms with van der Waals surface area (Å²) in [4.78, 5) is 12.2. The lowest BCUT2D eigenvalue weighted by atomic mass is 10.1. The van der Waals surface area contributed by atoms with Gasteiger partial charge in [-0.1, -0.05) is 12.1 Å². The first-order valence-corrected chi connectivity index (χ1v) is 5.12. The first kappa shape index (κ1) is 10.8. The molecule has 86 valence electrons. The summed E-state index contributed by atoms with van der Waals surface area (Å²) in [5.41, 5.74) is 7.23. The zero-order chi connectivity index (χ0) is 11.5. The van der Waals surface area contributed by atoms with E-state index in [-0.39, 0.29) is 6.10 Å². The fourth-order valence-electron chi connectivity index (χ4n) is 1.74. The van der Waals surface area contributed by atoms with Crippen LogP contribution in [0.25, 0.3) is 0 Å². The molecule has 0 bridgehead atoms. The largest absolute Gasteiger partial charge is 0.465 e. The predicted molar refractivity (Wildman–Crippen MR) is 59.1 cm³/mol. The topological polar surface area (TPSA) is 75.8 Å². The molecule has 1 heterocycles. The van der Waals surface area contributed by atoms with Gasteiger partial charge in [0.2, 0.25) is 0 Å². The Morgan fingerprint density at radius 1 is 1.44 bits per heavy atom. The normalized spacial score (nSPS) is 20.8. The van der Waals surface area contributed by atoms with Gasteiger partial charge in [0.05, 0.1) is 13.2 Å². The van der Waals surface area contributed by atoms with Crippen molar-refractivity contribution in [1.82, 2.24) is 4.90 Å². The van der Waals surface area contributed by atoms with Gasteiger partial charge in [0.1, 0.15) is 6.10 Å². The SMILES string of the molecule is Nc1ccc([C@@H]2CN(C(=O)O)CCO2)cc1. The average Bonchev–Trinajstić information content (AvgIpc) is 2.30. The quantitative estimate of drug-likeness (QED) is 0.703. The highest BCUT2D eigenvalue weighted by Crippen LogP contribution is 2.22. The van der Waals surface area contributed by atoms with Gasteiger partial charge in [-0.2, -0.15) is 0 Å². The first-order valence-electron chi connectivity index (χ1n) is 5.12. The first-order chi connectivity index (χ1) is 7.66. The summed E-state index contributed by atoms with van der Waals surface area (Å²) in [6.45, 7) is 1.24. The van der Waals surface area contributed by atoms with E-state index in [9.17, 15) is 4.79 Å². The number of hydrogen-bond donors (Lipinski definition) is 2. The maximum Gasteiger partial charge on any atom is 0.407 e. The van der Waals surface area contributed by atoms with Gasteiger partial charge < -0.3 is 20.5 Å². The third kappa shape index (κ3) is 2.25. The molecule has 5 heteroatoms. The highest BCUT2D eigenvalue weighted by molar-refractivity contribution is 5.65. The monoisotopic (exact) mass is 222 g/mol. The molecule has 2 rings (SSSR count). The molecule has 1 aliphatic heterocycles. The van der Waals surface area contributed by atoms with Crippen molar-refractivity contribution in [2.75, 3.05) is 25.4 Å². The van der Waals surface area contributed by atoms with E-state index < -0.39 is 6.09 Å². The molecule has 0 unspecified atom stereocenters. The Morgan fingerprint density at radius 3 is 2.75 bits per heavy atom. The van der Waals surface area contributed by atoms with Crippen LogP contribution in [0.2, 0.25) is 0 Å². The number of ether oxygens (including phenoxy) is 1. The lowest BCUT2D eigenvalue weighted by molar-refractivity contribution is -0.0231. The maximum absolute atomic E-state index is 10.8. The van der Waals surface area contributed by atoms with Gasteiger partial charge >= 0.3 is 6.09 Å². The second kappa shape index (κ2) is 4.40. The molecule has 0 saturated carbocycles. The molecule has 1 aliphatic rings. The highest BCUT2D eigenvalue weighted by Gasteiger charge is 2.24. The standard InChI is InChI=1S/C11H14N2O3/c12-9-3-1-8(2-4-9)10-7-13(11(14)15)5-6-16-10/h1-4,10H,5-7,12H2,(H,14,15)/t10-/m0/s1. The van der Waals surface area contributed by atoms with Crippen LogP contribution >= 0.6 is 0 Å². The molecule has 1 aromatic rings. The Kier molecular flexibility index (Phi) is 2.96. The van der Waals surface area contributed by atoms with Crippen LogP contribution in [0.3, 0.4) is 0 Å². The van der Waals surface area contributed by atoms with Crippen molar-refractivity contribution in [1.29, 1.82) is 0 Å². The number of carbonyl (C=O) groups is 1. The summed E-state index contributed by atoms with van der Waals surface area (Å²) in [6.07, 6.45) is -1.09. The predicted octanol–water partition coefficient (Wildman–Crippen LogP) is 1.32. The van der Waals surface area contributed by atoms with Crippen molar-refractivity contribution in [3.63, 3.8) is 0 Å². The molecule has 1 fully saturated rings. The average molecular weight is 222 g/mol. The number of anilines is 1. The van der Waals surface area contributed by atoms with Crippen LogP contribution in [0, 0.1) is 0 Å². The Balaban J connectivity index is 2.09. The number of hydrogen-bond acceptors (Lipinski definition) is 3. The third-order valence-corrected chi connectivity index (χ3v) is 2.65. The Morgan fingerprint density at radius 2 is 2.12 bits per heavy atom. The Labute approximate surface area is 93.4 Å². The van der Waals surface area contributed by atoms with E-state index in [1.54, 1.807) is 12.1 Å². The number of morpholine rings is 1. The molecule has 16 heavy (non-hydrogen) atoms. The minimum absolute atomic E-state index is 0.189. The molecule has 5 nitrogen and oxygen atoms in total. The highest BCUT2D eigenvalue weighted by atomic mass is 16.5. The molecule has 0 spiro atoms. The maximum atomic E-state index is 10.8. The van der Waals surface area contributed by atoms with Crippen LogP contribution in [0.1, 0.15) is 11.7 Å². The van der Waals surface area contributed by atoms with E-state index in [0.29, 0.717) is 25.4 Å². The molecule has 0 radical (unpaired) electrons. The van der Waals surface area contributed by atoms with Crippen LogP contribution in [0.5, 0.6) is 0 Å². The number of nitrogen functional groups attached to an aromatic ring is 1. The fraction of sp³-hybridized carbons (Fsp3) is 0.364. The van der Waals surface area contributed by atoms with Gasteiger partial charge in [-0.25, -0.2) is 4.79 Å². The lowest BCUT2D eigenvalue weighted by Gasteiger charge is -2.31. The minimum Gasteiger partial charge on any atom is -0.465 e. The van der Waals surface area contributed by atoms with E-state index >= 15 is 0 Å². The summed E-state index contributed by atoms with van der Waals surface area (Å²) in [5, 5.41) is 8.90. The van der Waals surface area contributed by atoms with E-state index in [0.717, 1.165) is 5.56 Å². The summed E-state index contributed by atoms with van der Waals surface area (Å²) >= 11 is 0. The van der Waals surface area contributed by atoms with Gasteiger partial charge in [-0.3, -0.25) is 0 Å². The number of benzene rings is 1. The van der Waals surface area contributed by atoms with Gasteiger partial charge in [0, 0.05) is 12.2 Å². The molecule has 0 aliphatic carbocycles. The van der Waals surface area contributed by atoms with Gasteiger partial charge in [-0.05, 0) is 17.7 Å². The number of nitrogens with two attached hydrogens (primary N) is 1. The van der Waals surface area contributed by atoms with Gasteiger partial charge in [-0.15, -0.1) is 0 Å². The molecular formula is C11H14N2O3. The van der Waals surface area contributed by atoms with Crippen LogP contribution in [-0.2, 0) is 4.74 Å². The summed E-state index contributed by atoms with van der Waals surface area (Å²) in [7, 11) is 0. The summed E-state index contributed by atoms with van der Waals surface area (Å²) in [6, 6.07) is 7.31. The van der Waals surface area contributed by atoms with Crippen molar-refractivity contribution >= 4 is 11.8 Å². The number of nitrogens with zero attached hydrogens (tertiary/aromatic N) is 1.